The molecule has 162 valence electrons. The van der Waals surface area contributed by atoms with Crippen LogP contribution in [-0.2, 0) is 15.9 Å². The van der Waals surface area contributed by atoms with Gasteiger partial charge in [-0.1, -0.05) is 36.4 Å². The van der Waals surface area contributed by atoms with E-state index in [1.165, 1.54) is 17.7 Å². The van der Waals surface area contributed by atoms with Crippen LogP contribution in [0.25, 0.3) is 0 Å². The molecule has 5 aliphatic rings. The molecule has 2 heterocycles. The van der Waals surface area contributed by atoms with Crippen LogP contribution in [-0.4, -0.2) is 59.9 Å². The number of amides is 1. The van der Waals surface area contributed by atoms with Crippen molar-refractivity contribution in [2.45, 2.75) is 42.9 Å². The van der Waals surface area contributed by atoms with Crippen molar-refractivity contribution in [3.05, 3.63) is 71.0 Å². The fraction of sp³-hybridized carbons (Fsp3) is 0.480. The molecule has 1 amide bonds. The molecule has 1 atom stereocenters. The molecule has 0 spiro atoms. The summed E-state index contributed by atoms with van der Waals surface area (Å²) in [5.74, 6) is -0.274. The molecule has 0 unspecified atom stereocenters. The van der Waals surface area contributed by atoms with E-state index in [0.717, 1.165) is 63.1 Å². The molecule has 1 saturated heterocycles. The van der Waals surface area contributed by atoms with E-state index in [1.54, 1.807) is 12.1 Å². The summed E-state index contributed by atoms with van der Waals surface area (Å²) in [7, 11) is 0. The van der Waals surface area contributed by atoms with Gasteiger partial charge in [-0.05, 0) is 35.2 Å². The van der Waals surface area contributed by atoms with E-state index in [0.29, 0.717) is 6.54 Å². The average molecular weight is 422 g/mol. The van der Waals surface area contributed by atoms with Crippen LogP contribution in [0.2, 0.25) is 0 Å². The monoisotopic (exact) mass is 422 g/mol. The first-order valence-corrected chi connectivity index (χ1v) is 11.2. The van der Waals surface area contributed by atoms with Crippen molar-refractivity contribution in [1.29, 1.82) is 0 Å². The van der Waals surface area contributed by atoms with E-state index in [4.69, 9.17) is 9.47 Å². The van der Waals surface area contributed by atoms with Crippen LogP contribution in [0.4, 0.5) is 9.18 Å². The molecule has 2 aromatic rings. The van der Waals surface area contributed by atoms with Crippen molar-refractivity contribution in [1.82, 2.24) is 9.80 Å². The summed E-state index contributed by atoms with van der Waals surface area (Å²) < 4.78 is 25.2. The smallest absolute Gasteiger partial charge is 0.411 e. The molecule has 0 aromatic heterocycles. The van der Waals surface area contributed by atoms with Crippen molar-refractivity contribution in [3.8, 4) is 0 Å². The van der Waals surface area contributed by atoms with Crippen LogP contribution in [0.15, 0.2) is 48.5 Å². The van der Waals surface area contributed by atoms with Gasteiger partial charge in [-0.3, -0.25) is 9.80 Å². The topological polar surface area (TPSA) is 42.0 Å². The first-order valence-electron chi connectivity index (χ1n) is 11.2. The number of carbonyl (C=O) groups is 1. The quantitative estimate of drug-likeness (QED) is 0.752. The first kappa shape index (κ1) is 19.3. The van der Waals surface area contributed by atoms with Gasteiger partial charge in [0.25, 0.3) is 0 Å². The molecule has 2 aromatic carbocycles. The van der Waals surface area contributed by atoms with Crippen LogP contribution in [0.3, 0.4) is 0 Å². The van der Waals surface area contributed by atoms with E-state index in [-0.39, 0.29) is 29.1 Å². The zero-order valence-electron chi connectivity index (χ0n) is 17.6. The molecule has 0 N–H and O–H groups in total. The summed E-state index contributed by atoms with van der Waals surface area (Å²) in [6.07, 6.45) is 3.33. The van der Waals surface area contributed by atoms with E-state index < -0.39 is 0 Å². The van der Waals surface area contributed by atoms with Crippen LogP contribution in [0.5, 0.6) is 0 Å². The Kier molecular flexibility index (Phi) is 4.37. The second-order valence-electron chi connectivity index (χ2n) is 9.50. The molecule has 31 heavy (non-hydrogen) atoms. The highest BCUT2D eigenvalue weighted by Crippen LogP contribution is 2.66. The number of carbonyl (C=O) groups excluding carboxylic acids is 1. The predicted molar refractivity (Wildman–Crippen MR) is 113 cm³/mol. The zero-order valence-corrected chi connectivity index (χ0v) is 17.6. The SMILES string of the molecule is O=C(OC12CC(N3CCOCC3)(C1)C2)N1CCc2ccccc2[C@@H]1c1ccc(F)cc1. The number of rotatable bonds is 3. The number of morpholine rings is 1. The summed E-state index contributed by atoms with van der Waals surface area (Å²) in [4.78, 5) is 17.7. The molecule has 2 aliphatic heterocycles. The van der Waals surface area contributed by atoms with Gasteiger partial charge in [0, 0.05) is 44.4 Å². The number of hydrogen-bond donors (Lipinski definition) is 0. The third-order valence-electron chi connectivity index (χ3n) is 7.64. The summed E-state index contributed by atoms with van der Waals surface area (Å²) in [6, 6.07) is 14.4. The second-order valence-corrected chi connectivity index (χ2v) is 9.50. The largest absolute Gasteiger partial charge is 0.443 e. The molecular weight excluding hydrogens is 395 g/mol. The van der Waals surface area contributed by atoms with Crippen molar-refractivity contribution in [3.63, 3.8) is 0 Å². The number of nitrogens with zero attached hydrogens (tertiary/aromatic N) is 2. The van der Waals surface area contributed by atoms with Gasteiger partial charge in [0.05, 0.1) is 19.3 Å². The highest BCUT2D eigenvalue weighted by molar-refractivity contribution is 5.71. The van der Waals surface area contributed by atoms with Crippen LogP contribution in [0, 0.1) is 5.82 Å². The normalized spacial score (nSPS) is 31.9. The van der Waals surface area contributed by atoms with Gasteiger partial charge in [-0.2, -0.15) is 0 Å². The van der Waals surface area contributed by atoms with Crippen LogP contribution in [0.1, 0.15) is 42.0 Å². The minimum absolute atomic E-state index is 0.217. The Morgan fingerprint density at radius 2 is 1.71 bits per heavy atom. The van der Waals surface area contributed by atoms with Gasteiger partial charge in [0.15, 0.2) is 0 Å². The number of fused-ring (bicyclic) bond motifs is 1. The maximum atomic E-state index is 13.6. The number of benzene rings is 2. The Morgan fingerprint density at radius 3 is 2.45 bits per heavy atom. The number of ether oxygens (including phenoxy) is 2. The third-order valence-corrected chi connectivity index (χ3v) is 7.64. The Balaban J connectivity index is 1.21. The van der Waals surface area contributed by atoms with E-state index in [9.17, 15) is 9.18 Å². The minimum atomic E-state index is -0.306. The van der Waals surface area contributed by atoms with Crippen molar-refractivity contribution in [2.75, 3.05) is 32.8 Å². The fourth-order valence-corrected chi connectivity index (χ4v) is 6.14. The molecule has 2 bridgehead atoms. The average Bonchev–Trinajstić information content (AvgIpc) is 2.75. The summed E-state index contributed by atoms with van der Waals surface area (Å²) in [5, 5.41) is 0. The van der Waals surface area contributed by atoms with E-state index >= 15 is 0 Å². The van der Waals surface area contributed by atoms with Gasteiger partial charge in [-0.15, -0.1) is 0 Å². The summed E-state index contributed by atoms with van der Waals surface area (Å²) in [5.41, 5.74) is 3.15. The molecule has 0 radical (unpaired) electrons. The molecule has 3 saturated carbocycles. The summed E-state index contributed by atoms with van der Waals surface area (Å²) >= 11 is 0. The summed E-state index contributed by atoms with van der Waals surface area (Å²) in [6.45, 7) is 4.13. The van der Waals surface area contributed by atoms with Crippen molar-refractivity contribution >= 4 is 6.09 Å². The Labute approximate surface area is 181 Å². The minimum Gasteiger partial charge on any atom is -0.443 e. The second kappa shape index (κ2) is 7.04. The maximum absolute atomic E-state index is 13.6. The van der Waals surface area contributed by atoms with Gasteiger partial charge >= 0.3 is 6.09 Å². The Bertz CT molecular complexity index is 982. The standard InChI is InChI=1S/C25H27FN2O3/c26-20-7-5-19(6-8-20)22-21-4-2-1-3-18(21)9-10-28(22)23(29)31-25-15-24(16-25,17-25)27-11-13-30-14-12-27/h1-8,22H,9-17H2/t22-,24?,25?/m0/s1. The van der Waals surface area contributed by atoms with Crippen molar-refractivity contribution in [2.24, 2.45) is 0 Å². The zero-order chi connectivity index (χ0) is 21.1. The number of hydrogen-bond acceptors (Lipinski definition) is 4. The third kappa shape index (κ3) is 3.07. The Morgan fingerprint density at radius 1 is 1.00 bits per heavy atom. The first-order chi connectivity index (χ1) is 15.1. The molecular formula is C25H27FN2O3. The lowest BCUT2D eigenvalue weighted by Crippen LogP contribution is -2.80. The van der Waals surface area contributed by atoms with Gasteiger partial charge < -0.3 is 9.47 Å². The van der Waals surface area contributed by atoms with E-state index in [1.807, 2.05) is 17.0 Å². The Hall–Kier alpha value is -2.44. The van der Waals surface area contributed by atoms with Gasteiger partial charge in [0.2, 0.25) is 0 Å². The lowest BCUT2D eigenvalue weighted by Gasteiger charge is -2.72. The van der Waals surface area contributed by atoms with Gasteiger partial charge in [-0.25, -0.2) is 9.18 Å². The lowest BCUT2D eigenvalue weighted by atomic mass is 9.45. The molecule has 3 aliphatic carbocycles. The van der Waals surface area contributed by atoms with Crippen molar-refractivity contribution < 1.29 is 18.7 Å². The predicted octanol–water partition coefficient (Wildman–Crippen LogP) is 3.92. The number of halogens is 1. The maximum Gasteiger partial charge on any atom is 0.411 e. The highest BCUT2D eigenvalue weighted by atomic mass is 19.1. The fourth-order valence-electron chi connectivity index (χ4n) is 6.14. The molecule has 4 fully saturated rings. The molecule has 6 heteroatoms. The highest BCUT2D eigenvalue weighted by Gasteiger charge is 2.73. The molecule has 7 rings (SSSR count). The molecule has 5 nitrogen and oxygen atoms in total. The lowest BCUT2D eigenvalue weighted by molar-refractivity contribution is -0.275. The van der Waals surface area contributed by atoms with E-state index in [2.05, 4.69) is 17.0 Å². The van der Waals surface area contributed by atoms with Crippen LogP contribution >= 0.6 is 0 Å². The van der Waals surface area contributed by atoms with Gasteiger partial charge in [0.1, 0.15) is 11.4 Å². The van der Waals surface area contributed by atoms with Crippen LogP contribution < -0.4 is 0 Å².